The van der Waals surface area contributed by atoms with Crippen molar-refractivity contribution in [3.63, 3.8) is 0 Å². The molecule has 1 aromatic rings. The zero-order valence-corrected chi connectivity index (χ0v) is 12.6. The highest BCUT2D eigenvalue weighted by atomic mass is 32.2. The molecule has 1 heterocycles. The smallest absolute Gasteiger partial charge is 0.137 e. The summed E-state index contributed by atoms with van der Waals surface area (Å²) in [7, 11) is 1.72. The molecule has 2 unspecified atom stereocenters. The molecule has 19 heavy (non-hydrogen) atoms. The largest absolute Gasteiger partial charge is 0.383 e. The van der Waals surface area contributed by atoms with Crippen LogP contribution in [0.2, 0.25) is 0 Å². The fourth-order valence-corrected chi connectivity index (χ4v) is 3.57. The number of halogens is 1. The summed E-state index contributed by atoms with van der Waals surface area (Å²) in [6.07, 6.45) is 1.04. The van der Waals surface area contributed by atoms with Crippen molar-refractivity contribution in [1.82, 2.24) is 5.32 Å². The number of thioether (sulfide) groups is 1. The van der Waals surface area contributed by atoms with E-state index in [1.807, 2.05) is 6.07 Å². The zero-order valence-electron chi connectivity index (χ0n) is 11.8. The van der Waals surface area contributed by atoms with Crippen LogP contribution in [0, 0.1) is 11.7 Å². The highest BCUT2D eigenvalue weighted by Crippen LogP contribution is 2.38. The van der Waals surface area contributed by atoms with Crippen molar-refractivity contribution in [3.8, 4) is 0 Å². The van der Waals surface area contributed by atoms with Gasteiger partial charge in [-0.05, 0) is 29.7 Å². The Kier molecular flexibility index (Phi) is 5.25. The van der Waals surface area contributed by atoms with E-state index in [-0.39, 0.29) is 11.9 Å². The van der Waals surface area contributed by atoms with Crippen molar-refractivity contribution in [1.29, 1.82) is 0 Å². The first-order valence-corrected chi connectivity index (χ1v) is 7.78. The highest BCUT2D eigenvalue weighted by Gasteiger charge is 2.26. The quantitative estimate of drug-likeness (QED) is 0.891. The average Bonchev–Trinajstić information content (AvgIpc) is 2.39. The number of fused-ring (bicyclic) bond motifs is 1. The van der Waals surface area contributed by atoms with Gasteiger partial charge in [-0.2, -0.15) is 0 Å². The summed E-state index contributed by atoms with van der Waals surface area (Å²) < 4.78 is 19.1. The Morgan fingerprint density at radius 3 is 2.95 bits per heavy atom. The van der Waals surface area contributed by atoms with Gasteiger partial charge < -0.3 is 10.1 Å². The van der Waals surface area contributed by atoms with Gasteiger partial charge in [0.1, 0.15) is 5.82 Å². The summed E-state index contributed by atoms with van der Waals surface area (Å²) in [5.74, 6) is 1.36. The highest BCUT2D eigenvalue weighted by molar-refractivity contribution is 7.99. The Labute approximate surface area is 119 Å². The molecule has 0 bridgehead atoms. The molecular weight excluding hydrogens is 261 g/mol. The van der Waals surface area contributed by atoms with Crippen LogP contribution in [-0.2, 0) is 4.74 Å². The van der Waals surface area contributed by atoms with Crippen LogP contribution in [-0.4, -0.2) is 25.5 Å². The summed E-state index contributed by atoms with van der Waals surface area (Å²) >= 11 is 1.62. The molecule has 1 aliphatic heterocycles. The number of rotatable bonds is 5. The number of hydrogen-bond donors (Lipinski definition) is 1. The normalized spacial score (nSPS) is 20.4. The Hall–Kier alpha value is -0.580. The number of methoxy groups -OCH3 is 1. The Morgan fingerprint density at radius 2 is 2.26 bits per heavy atom. The monoisotopic (exact) mass is 283 g/mol. The number of benzene rings is 1. The van der Waals surface area contributed by atoms with Crippen molar-refractivity contribution in [2.45, 2.75) is 37.2 Å². The molecule has 2 rings (SSSR count). The molecule has 0 spiro atoms. The molecule has 2 atom stereocenters. The van der Waals surface area contributed by atoms with Gasteiger partial charge in [0.2, 0.25) is 0 Å². The molecule has 0 fully saturated rings. The second kappa shape index (κ2) is 6.73. The lowest BCUT2D eigenvalue weighted by atomic mass is 9.99. The molecule has 1 N–H and O–H groups in total. The van der Waals surface area contributed by atoms with Crippen molar-refractivity contribution < 1.29 is 9.13 Å². The molecule has 0 amide bonds. The van der Waals surface area contributed by atoms with E-state index in [1.165, 1.54) is 0 Å². The third kappa shape index (κ3) is 3.50. The number of nitrogens with one attached hydrogen (secondary N) is 1. The molecule has 1 aromatic carbocycles. The van der Waals surface area contributed by atoms with E-state index in [4.69, 9.17) is 4.74 Å². The van der Waals surface area contributed by atoms with Crippen LogP contribution in [0.1, 0.15) is 31.9 Å². The first-order valence-electron chi connectivity index (χ1n) is 6.79. The van der Waals surface area contributed by atoms with Gasteiger partial charge in [0.15, 0.2) is 0 Å². The maximum atomic E-state index is 13.8. The van der Waals surface area contributed by atoms with Gasteiger partial charge >= 0.3 is 0 Å². The van der Waals surface area contributed by atoms with Crippen LogP contribution in [0.3, 0.4) is 0 Å². The second-order valence-corrected chi connectivity index (χ2v) is 6.43. The average molecular weight is 283 g/mol. The van der Waals surface area contributed by atoms with Gasteiger partial charge in [-0.25, -0.2) is 4.39 Å². The first kappa shape index (κ1) is 14.8. The molecule has 0 saturated heterocycles. The van der Waals surface area contributed by atoms with Crippen LogP contribution >= 0.6 is 11.8 Å². The maximum Gasteiger partial charge on any atom is 0.137 e. The Morgan fingerprint density at radius 1 is 1.47 bits per heavy atom. The standard InChI is InChI=1S/C15H22FNOS/c1-10(2)14(9-18-3)17-13-7-8-19-15-11(13)5-4-6-12(15)16/h4-6,10,13-14,17H,7-9H2,1-3H3. The van der Waals surface area contributed by atoms with Crippen molar-refractivity contribution in [2.24, 2.45) is 5.92 Å². The van der Waals surface area contributed by atoms with Crippen LogP contribution in [0.4, 0.5) is 4.39 Å². The molecular formula is C15H22FNOS. The molecule has 0 aromatic heterocycles. The van der Waals surface area contributed by atoms with Crippen molar-refractivity contribution in [2.75, 3.05) is 19.5 Å². The van der Waals surface area contributed by atoms with Crippen molar-refractivity contribution in [3.05, 3.63) is 29.6 Å². The van der Waals surface area contributed by atoms with Gasteiger partial charge in [0.25, 0.3) is 0 Å². The second-order valence-electron chi connectivity index (χ2n) is 5.32. The van der Waals surface area contributed by atoms with Gasteiger partial charge in [0, 0.05) is 24.1 Å². The zero-order chi connectivity index (χ0) is 13.8. The van der Waals surface area contributed by atoms with E-state index in [9.17, 15) is 4.39 Å². The predicted octanol–water partition coefficient (Wildman–Crippen LogP) is 3.62. The van der Waals surface area contributed by atoms with Crippen molar-refractivity contribution >= 4 is 11.8 Å². The van der Waals surface area contributed by atoms with E-state index >= 15 is 0 Å². The summed E-state index contributed by atoms with van der Waals surface area (Å²) in [5.41, 5.74) is 1.10. The summed E-state index contributed by atoms with van der Waals surface area (Å²) in [6, 6.07) is 5.91. The third-order valence-electron chi connectivity index (χ3n) is 3.59. The van der Waals surface area contributed by atoms with E-state index in [0.717, 1.165) is 22.6 Å². The molecule has 0 radical (unpaired) electrons. The van der Waals surface area contributed by atoms with Crippen LogP contribution in [0.15, 0.2) is 23.1 Å². The summed E-state index contributed by atoms with van der Waals surface area (Å²) in [5, 5.41) is 3.63. The minimum absolute atomic E-state index is 0.0955. The minimum atomic E-state index is -0.0955. The van der Waals surface area contributed by atoms with Crippen LogP contribution < -0.4 is 5.32 Å². The maximum absolute atomic E-state index is 13.8. The lowest BCUT2D eigenvalue weighted by Gasteiger charge is -2.32. The number of hydrogen-bond acceptors (Lipinski definition) is 3. The molecule has 0 saturated carbocycles. The van der Waals surface area contributed by atoms with Crippen LogP contribution in [0.5, 0.6) is 0 Å². The molecule has 106 valence electrons. The van der Waals surface area contributed by atoms with E-state index < -0.39 is 0 Å². The van der Waals surface area contributed by atoms with E-state index in [0.29, 0.717) is 18.6 Å². The molecule has 1 aliphatic rings. The van der Waals surface area contributed by atoms with Gasteiger partial charge in [-0.15, -0.1) is 11.8 Å². The van der Waals surface area contributed by atoms with Gasteiger partial charge in [-0.3, -0.25) is 0 Å². The third-order valence-corrected chi connectivity index (χ3v) is 4.75. The Bertz CT molecular complexity index is 425. The lowest BCUT2D eigenvalue weighted by molar-refractivity contribution is 0.139. The van der Waals surface area contributed by atoms with E-state index in [2.05, 4.69) is 19.2 Å². The topological polar surface area (TPSA) is 21.3 Å². The number of ether oxygens (including phenoxy) is 1. The molecule has 2 nitrogen and oxygen atoms in total. The SMILES string of the molecule is COCC(NC1CCSc2c(F)cccc21)C(C)C. The van der Waals surface area contributed by atoms with Gasteiger partial charge in [-0.1, -0.05) is 26.0 Å². The predicted molar refractivity (Wildman–Crippen MR) is 78.1 cm³/mol. The van der Waals surface area contributed by atoms with Gasteiger partial charge in [0.05, 0.1) is 6.61 Å². The van der Waals surface area contributed by atoms with Crippen LogP contribution in [0.25, 0.3) is 0 Å². The Balaban J connectivity index is 2.17. The summed E-state index contributed by atoms with van der Waals surface area (Å²) in [6.45, 7) is 5.05. The lowest BCUT2D eigenvalue weighted by Crippen LogP contribution is -2.41. The fraction of sp³-hybridized carbons (Fsp3) is 0.600. The molecule has 4 heteroatoms. The minimum Gasteiger partial charge on any atom is -0.383 e. The van der Waals surface area contributed by atoms with E-state index in [1.54, 1.807) is 31.0 Å². The summed E-state index contributed by atoms with van der Waals surface area (Å²) in [4.78, 5) is 0.811. The first-order chi connectivity index (χ1) is 9.13. The molecule has 0 aliphatic carbocycles. The fourth-order valence-electron chi connectivity index (χ4n) is 2.43.